The van der Waals surface area contributed by atoms with Crippen molar-refractivity contribution in [2.45, 2.75) is 6.92 Å². The van der Waals surface area contributed by atoms with E-state index in [0.29, 0.717) is 28.0 Å². The highest BCUT2D eigenvalue weighted by Gasteiger charge is 2.12. The molecule has 108 valence electrons. The number of carbonyl (C=O) groups excluding carboxylic acids is 1. The molecule has 7 heteroatoms. The molecule has 20 heavy (non-hydrogen) atoms. The van der Waals surface area contributed by atoms with Gasteiger partial charge in [0.15, 0.2) is 5.11 Å². The predicted octanol–water partition coefficient (Wildman–Crippen LogP) is 2.03. The van der Waals surface area contributed by atoms with Gasteiger partial charge in [0.1, 0.15) is 5.75 Å². The first-order valence-electron chi connectivity index (χ1n) is 5.76. The van der Waals surface area contributed by atoms with Crippen molar-refractivity contribution in [1.29, 1.82) is 0 Å². The van der Waals surface area contributed by atoms with E-state index in [9.17, 15) is 4.79 Å². The standard InChI is InChI=1S/C13H16ClN3O2S/c1-8(2)7-15-13(20)17-16-12(18)10-6-9(14)4-5-11(10)19-3/h4-6H,1,7H2,2-3H3,(H,16,18)(H2,15,17,20). The summed E-state index contributed by atoms with van der Waals surface area (Å²) < 4.78 is 5.10. The van der Waals surface area contributed by atoms with Gasteiger partial charge in [0.2, 0.25) is 0 Å². The van der Waals surface area contributed by atoms with Crippen LogP contribution in [0.5, 0.6) is 5.75 Å². The Hall–Kier alpha value is -1.79. The quantitative estimate of drug-likeness (QED) is 0.451. The number of hydrazine groups is 1. The Kier molecular flexibility index (Phi) is 6.27. The van der Waals surface area contributed by atoms with Crippen molar-refractivity contribution in [2.24, 2.45) is 0 Å². The smallest absolute Gasteiger partial charge is 0.273 e. The summed E-state index contributed by atoms with van der Waals surface area (Å²) in [6.07, 6.45) is 0. The molecule has 0 unspecified atom stereocenters. The third kappa shape index (κ3) is 5.07. The maximum atomic E-state index is 12.0. The van der Waals surface area contributed by atoms with Gasteiger partial charge in [-0.3, -0.25) is 15.6 Å². The van der Waals surface area contributed by atoms with Crippen LogP contribution in [0.15, 0.2) is 30.4 Å². The second kappa shape index (κ2) is 7.72. The molecule has 0 bridgehead atoms. The fourth-order valence-electron chi connectivity index (χ4n) is 1.31. The van der Waals surface area contributed by atoms with Crippen LogP contribution in [-0.2, 0) is 0 Å². The molecule has 0 fully saturated rings. The summed E-state index contributed by atoms with van der Waals surface area (Å²) in [6.45, 7) is 6.13. The SMILES string of the molecule is C=C(C)CNC(=S)NNC(=O)c1cc(Cl)ccc1OC. The van der Waals surface area contributed by atoms with Crippen LogP contribution < -0.4 is 20.9 Å². The summed E-state index contributed by atoms with van der Waals surface area (Å²) in [5.41, 5.74) is 6.29. The lowest BCUT2D eigenvalue weighted by Gasteiger charge is -2.13. The summed E-state index contributed by atoms with van der Waals surface area (Å²) >= 11 is 10.9. The van der Waals surface area contributed by atoms with Gasteiger partial charge < -0.3 is 10.1 Å². The number of rotatable bonds is 4. The summed E-state index contributed by atoms with van der Waals surface area (Å²) in [7, 11) is 1.48. The van der Waals surface area contributed by atoms with Crippen LogP contribution in [0, 0.1) is 0 Å². The zero-order valence-electron chi connectivity index (χ0n) is 11.2. The van der Waals surface area contributed by atoms with E-state index >= 15 is 0 Å². The second-order valence-electron chi connectivity index (χ2n) is 4.06. The monoisotopic (exact) mass is 313 g/mol. The normalized spacial score (nSPS) is 9.55. The van der Waals surface area contributed by atoms with Gasteiger partial charge in [0, 0.05) is 11.6 Å². The van der Waals surface area contributed by atoms with E-state index in [1.54, 1.807) is 12.1 Å². The van der Waals surface area contributed by atoms with Crippen LogP contribution in [0.25, 0.3) is 0 Å². The average Bonchev–Trinajstić information content (AvgIpc) is 2.42. The molecular formula is C13H16ClN3O2S. The lowest BCUT2D eigenvalue weighted by Crippen LogP contribution is -2.47. The van der Waals surface area contributed by atoms with Crippen LogP contribution in [0.1, 0.15) is 17.3 Å². The average molecular weight is 314 g/mol. The molecule has 1 amide bonds. The first-order valence-corrected chi connectivity index (χ1v) is 6.54. The summed E-state index contributed by atoms with van der Waals surface area (Å²) in [5.74, 6) is 0.0262. The Morgan fingerprint density at radius 3 is 2.75 bits per heavy atom. The number of hydrogen-bond donors (Lipinski definition) is 3. The molecule has 0 heterocycles. The van der Waals surface area contributed by atoms with Crippen molar-refractivity contribution in [3.05, 3.63) is 40.9 Å². The van der Waals surface area contributed by atoms with Crippen molar-refractivity contribution in [3.63, 3.8) is 0 Å². The van der Waals surface area contributed by atoms with Crippen LogP contribution >= 0.6 is 23.8 Å². The topological polar surface area (TPSA) is 62.4 Å². The van der Waals surface area contributed by atoms with Crippen LogP contribution in [0.4, 0.5) is 0 Å². The van der Waals surface area contributed by atoms with E-state index < -0.39 is 5.91 Å². The van der Waals surface area contributed by atoms with Gasteiger partial charge in [0.25, 0.3) is 5.91 Å². The summed E-state index contributed by atoms with van der Waals surface area (Å²) in [4.78, 5) is 12.0. The van der Waals surface area contributed by atoms with Crippen LogP contribution in [0.2, 0.25) is 5.02 Å². The summed E-state index contributed by atoms with van der Waals surface area (Å²) in [6, 6.07) is 4.78. The fraction of sp³-hybridized carbons (Fsp3) is 0.231. The minimum Gasteiger partial charge on any atom is -0.496 e. The molecule has 0 aromatic heterocycles. The molecular weight excluding hydrogens is 298 g/mol. The minimum atomic E-state index is -0.399. The highest BCUT2D eigenvalue weighted by molar-refractivity contribution is 7.80. The molecule has 0 saturated heterocycles. The Morgan fingerprint density at radius 1 is 1.45 bits per heavy atom. The van der Waals surface area contributed by atoms with Gasteiger partial charge in [-0.1, -0.05) is 23.8 Å². The molecule has 0 radical (unpaired) electrons. The van der Waals surface area contributed by atoms with E-state index in [4.69, 9.17) is 28.6 Å². The number of ether oxygens (including phenoxy) is 1. The predicted molar refractivity (Wildman–Crippen MR) is 84.0 cm³/mol. The lowest BCUT2D eigenvalue weighted by atomic mass is 10.2. The maximum absolute atomic E-state index is 12.0. The maximum Gasteiger partial charge on any atom is 0.273 e. The van der Waals surface area contributed by atoms with Crippen molar-refractivity contribution >= 4 is 34.8 Å². The molecule has 1 aromatic carbocycles. The van der Waals surface area contributed by atoms with Gasteiger partial charge >= 0.3 is 0 Å². The zero-order chi connectivity index (χ0) is 15.1. The molecule has 0 atom stereocenters. The van der Waals surface area contributed by atoms with Gasteiger partial charge in [-0.25, -0.2) is 0 Å². The Labute approximate surface area is 128 Å². The first kappa shape index (κ1) is 16.3. The van der Waals surface area contributed by atoms with Crippen LogP contribution in [0.3, 0.4) is 0 Å². The number of carbonyl (C=O) groups is 1. The highest BCUT2D eigenvalue weighted by Crippen LogP contribution is 2.22. The second-order valence-corrected chi connectivity index (χ2v) is 4.91. The molecule has 0 spiro atoms. The number of benzene rings is 1. The molecule has 3 N–H and O–H groups in total. The summed E-state index contributed by atoms with van der Waals surface area (Å²) in [5, 5.41) is 3.61. The van der Waals surface area contributed by atoms with Crippen molar-refractivity contribution in [3.8, 4) is 5.75 Å². The van der Waals surface area contributed by atoms with Gasteiger partial charge in [0.05, 0.1) is 12.7 Å². The third-order valence-electron chi connectivity index (χ3n) is 2.25. The molecule has 1 aromatic rings. The van der Waals surface area contributed by atoms with E-state index in [0.717, 1.165) is 5.57 Å². The largest absolute Gasteiger partial charge is 0.496 e. The number of hydrogen-bond acceptors (Lipinski definition) is 3. The van der Waals surface area contributed by atoms with E-state index in [1.165, 1.54) is 13.2 Å². The fourth-order valence-corrected chi connectivity index (χ4v) is 1.61. The minimum absolute atomic E-state index is 0.294. The molecule has 0 saturated carbocycles. The van der Waals surface area contributed by atoms with Gasteiger partial charge in [-0.2, -0.15) is 0 Å². The van der Waals surface area contributed by atoms with E-state index in [-0.39, 0.29) is 0 Å². The molecule has 5 nitrogen and oxygen atoms in total. The molecule has 0 aliphatic rings. The van der Waals surface area contributed by atoms with Crippen molar-refractivity contribution in [2.75, 3.05) is 13.7 Å². The highest BCUT2D eigenvalue weighted by atomic mass is 35.5. The Bertz CT molecular complexity index is 534. The number of thiocarbonyl (C=S) groups is 1. The lowest BCUT2D eigenvalue weighted by molar-refractivity contribution is 0.0940. The van der Waals surface area contributed by atoms with Gasteiger partial charge in [-0.05, 0) is 37.3 Å². The number of methoxy groups -OCH3 is 1. The molecule has 1 rings (SSSR count). The van der Waals surface area contributed by atoms with Crippen molar-refractivity contribution in [1.82, 2.24) is 16.2 Å². The Morgan fingerprint density at radius 2 is 2.15 bits per heavy atom. The van der Waals surface area contributed by atoms with Gasteiger partial charge in [-0.15, -0.1) is 0 Å². The van der Waals surface area contributed by atoms with E-state index in [2.05, 4.69) is 22.7 Å². The molecule has 0 aliphatic heterocycles. The van der Waals surface area contributed by atoms with Crippen LogP contribution in [-0.4, -0.2) is 24.7 Å². The Balaban J connectivity index is 2.61. The first-order chi connectivity index (χ1) is 9.43. The van der Waals surface area contributed by atoms with E-state index in [1.807, 2.05) is 6.92 Å². The number of amides is 1. The number of nitrogens with one attached hydrogen (secondary N) is 3. The molecule has 0 aliphatic carbocycles. The number of halogens is 1. The zero-order valence-corrected chi connectivity index (χ0v) is 12.8. The van der Waals surface area contributed by atoms with Crippen molar-refractivity contribution < 1.29 is 9.53 Å². The third-order valence-corrected chi connectivity index (χ3v) is 2.73.